The lowest BCUT2D eigenvalue weighted by atomic mass is 10.0. The monoisotopic (exact) mass is 759 g/mol. The van der Waals surface area contributed by atoms with Gasteiger partial charge in [0.15, 0.2) is 11.4 Å². The Bertz CT molecular complexity index is 3580. The molecule has 0 spiro atoms. The van der Waals surface area contributed by atoms with Gasteiger partial charge < -0.3 is 8.98 Å². The fourth-order valence-corrected chi connectivity index (χ4v) is 8.40. The third kappa shape index (κ3) is 5.67. The minimum atomic E-state index is -0.427. The van der Waals surface area contributed by atoms with Gasteiger partial charge in [-0.1, -0.05) is 146 Å². The molecule has 7 heteroatoms. The number of rotatable bonds is 4. The molecule has 0 aliphatic heterocycles. The van der Waals surface area contributed by atoms with Gasteiger partial charge in [0, 0.05) is 44.4 Å². The summed E-state index contributed by atoms with van der Waals surface area (Å²) in [6.45, 7) is 0. The summed E-state index contributed by atoms with van der Waals surface area (Å²) in [5, 5.41) is 15.5. The van der Waals surface area contributed by atoms with Crippen molar-refractivity contribution in [1.82, 2.24) is 9.13 Å². The molecule has 7 nitrogen and oxygen atoms in total. The van der Waals surface area contributed by atoms with Crippen molar-refractivity contribution in [2.75, 3.05) is 0 Å². The van der Waals surface area contributed by atoms with Crippen molar-refractivity contribution in [3.63, 3.8) is 0 Å². The minimum Gasteiger partial charge on any atom is -0.420 e. The van der Waals surface area contributed by atoms with Crippen LogP contribution in [-0.4, -0.2) is 27.1 Å². The normalized spacial score (nSPS) is 12.2. The Kier molecular flexibility index (Phi) is 7.98. The third-order valence-corrected chi connectivity index (χ3v) is 11.1. The van der Waals surface area contributed by atoms with Gasteiger partial charge in [-0.05, 0) is 64.5 Å². The fraction of sp³-hybridized carbons (Fsp3) is 0. The Morgan fingerprint density at radius 2 is 1.08 bits per heavy atom. The van der Waals surface area contributed by atoms with E-state index in [1.54, 1.807) is 12.3 Å². The maximum absolute atomic E-state index is 13.7. The highest BCUT2D eigenvalue weighted by molar-refractivity contribution is 6.25. The summed E-state index contributed by atoms with van der Waals surface area (Å²) >= 11 is 0. The van der Waals surface area contributed by atoms with Crippen molar-refractivity contribution in [3.05, 3.63) is 210 Å². The highest BCUT2D eigenvalue weighted by Crippen LogP contribution is 2.40. The molecule has 0 saturated carbocycles. The molecule has 0 saturated heterocycles. The Hall–Kier alpha value is -8.16. The van der Waals surface area contributed by atoms with E-state index in [9.17, 15) is 10.2 Å². The van der Waals surface area contributed by atoms with Crippen molar-refractivity contribution >= 4 is 83.4 Å². The molecule has 11 rings (SSSR count). The highest BCUT2D eigenvalue weighted by Gasteiger charge is 2.22. The number of amidine groups is 1. The second-order valence-corrected chi connectivity index (χ2v) is 14.6. The summed E-state index contributed by atoms with van der Waals surface area (Å²) < 4.78 is 10.5. The van der Waals surface area contributed by atoms with Gasteiger partial charge >= 0.3 is 5.63 Å². The lowest BCUT2D eigenvalue weighted by Gasteiger charge is -2.11. The van der Waals surface area contributed by atoms with Crippen molar-refractivity contribution in [2.24, 2.45) is 9.98 Å². The van der Waals surface area contributed by atoms with Gasteiger partial charge in [0.05, 0.1) is 21.9 Å². The maximum atomic E-state index is 13.7. The first-order chi connectivity index (χ1) is 29.1. The fourth-order valence-electron chi connectivity index (χ4n) is 8.40. The van der Waals surface area contributed by atoms with E-state index in [0.717, 1.165) is 60.5 Å². The van der Waals surface area contributed by atoms with Crippen molar-refractivity contribution in [1.29, 1.82) is 5.41 Å². The number of nitrogens with one attached hydrogen (secondary N) is 1. The molecule has 3 heterocycles. The molecule has 0 unspecified atom stereocenters. The third-order valence-electron chi connectivity index (χ3n) is 11.1. The minimum absolute atomic E-state index is 0.0447. The van der Waals surface area contributed by atoms with Gasteiger partial charge in [0.1, 0.15) is 5.52 Å². The van der Waals surface area contributed by atoms with Gasteiger partial charge in [-0.3, -0.25) is 9.98 Å². The highest BCUT2D eigenvalue weighted by atomic mass is 16.4. The number of benzene rings is 8. The largest absolute Gasteiger partial charge is 0.420 e. The average Bonchev–Trinajstić information content (AvgIpc) is 3.81. The Morgan fingerprint density at radius 3 is 1.83 bits per heavy atom. The summed E-state index contributed by atoms with van der Waals surface area (Å²) in [5.41, 5.74) is 8.29. The molecule has 59 heavy (non-hydrogen) atoms. The Labute approximate surface area is 337 Å². The zero-order chi connectivity index (χ0) is 39.5. The van der Waals surface area contributed by atoms with Crippen LogP contribution in [0.1, 0.15) is 11.1 Å². The quantitative estimate of drug-likeness (QED) is 0.0838. The van der Waals surface area contributed by atoms with E-state index in [2.05, 4.69) is 95.6 Å². The van der Waals surface area contributed by atoms with Crippen LogP contribution >= 0.6 is 0 Å². The number of fused-ring (bicyclic) bond motifs is 10. The van der Waals surface area contributed by atoms with Crippen LogP contribution < -0.4 is 5.63 Å². The van der Waals surface area contributed by atoms with Crippen LogP contribution in [0.15, 0.2) is 207 Å². The van der Waals surface area contributed by atoms with Crippen LogP contribution in [0, 0.1) is 5.41 Å². The molecular formula is C52H33N5O2. The molecule has 0 bridgehead atoms. The topological polar surface area (TPSA) is 88.6 Å². The van der Waals surface area contributed by atoms with E-state index >= 15 is 0 Å². The number of para-hydroxylation sites is 2. The summed E-state index contributed by atoms with van der Waals surface area (Å²) in [5.74, 6) is 0.297. The van der Waals surface area contributed by atoms with Gasteiger partial charge in [-0.15, -0.1) is 0 Å². The molecule has 0 radical (unpaired) electrons. The first-order valence-electron chi connectivity index (χ1n) is 19.4. The molecule has 8 aromatic carbocycles. The standard InChI is InChI=1S/C52H33N5O2/c53-50(34-16-6-2-7-17-34)55-52(54-32-33-14-4-1-5-15-33)57-47-31-36(25-27-41(47)42-28-29-43-38-20-10-11-22-44(38)51(58)59-49(43)48(42)57)35-24-26-40-39-21-12-13-23-45(39)56(46(40)30-35)37-18-8-3-9-19-37/h1-32,53H. The Balaban J connectivity index is 1.22. The van der Waals surface area contributed by atoms with Crippen LogP contribution in [0.4, 0.5) is 0 Å². The SMILES string of the molecule is N=C(N=C(N=Cc1ccccc1)n1c2cc(-c3ccc4c5ccccc5n(-c5ccccc5)c4c3)ccc2c2ccc3c4ccccc4c(=O)oc3c21)c1ccccc1. The molecule has 0 fully saturated rings. The smallest absolute Gasteiger partial charge is 0.344 e. The van der Waals surface area contributed by atoms with E-state index in [-0.39, 0.29) is 11.8 Å². The van der Waals surface area contributed by atoms with Crippen molar-refractivity contribution in [2.45, 2.75) is 0 Å². The summed E-state index contributed by atoms with van der Waals surface area (Å²) in [4.78, 5) is 23.7. The van der Waals surface area contributed by atoms with E-state index < -0.39 is 5.63 Å². The van der Waals surface area contributed by atoms with Crippen LogP contribution in [0.25, 0.3) is 82.2 Å². The average molecular weight is 760 g/mol. The van der Waals surface area contributed by atoms with Crippen LogP contribution in [0.2, 0.25) is 0 Å². The second-order valence-electron chi connectivity index (χ2n) is 14.6. The predicted octanol–water partition coefficient (Wildman–Crippen LogP) is 12.2. The molecule has 11 aromatic rings. The number of aliphatic imine (C=N–C) groups is 2. The maximum Gasteiger partial charge on any atom is 0.344 e. The number of hydrogen-bond acceptors (Lipinski definition) is 3. The molecule has 278 valence electrons. The Morgan fingerprint density at radius 1 is 0.525 bits per heavy atom. The van der Waals surface area contributed by atoms with Gasteiger partial charge in [-0.25, -0.2) is 9.79 Å². The molecule has 0 atom stereocenters. The van der Waals surface area contributed by atoms with Crippen LogP contribution in [0.5, 0.6) is 0 Å². The molecular weight excluding hydrogens is 727 g/mol. The summed E-state index contributed by atoms with van der Waals surface area (Å²) in [6.07, 6.45) is 1.76. The molecule has 0 amide bonds. The van der Waals surface area contributed by atoms with E-state index in [1.165, 1.54) is 10.8 Å². The zero-order valence-corrected chi connectivity index (χ0v) is 31.6. The number of nitrogens with zero attached hydrogens (tertiary/aromatic N) is 4. The first kappa shape index (κ1) is 34.1. The van der Waals surface area contributed by atoms with E-state index in [0.29, 0.717) is 22.0 Å². The first-order valence-corrected chi connectivity index (χ1v) is 19.4. The van der Waals surface area contributed by atoms with Gasteiger partial charge in [0.25, 0.3) is 0 Å². The number of hydrogen-bond donors (Lipinski definition) is 1. The summed E-state index contributed by atoms with van der Waals surface area (Å²) in [7, 11) is 0. The lowest BCUT2D eigenvalue weighted by molar-refractivity contribution is 0.572. The van der Waals surface area contributed by atoms with E-state index in [1.807, 2.05) is 95.6 Å². The summed E-state index contributed by atoms with van der Waals surface area (Å²) in [6, 6.07) is 62.8. The molecule has 0 aliphatic rings. The predicted molar refractivity (Wildman–Crippen MR) is 243 cm³/mol. The van der Waals surface area contributed by atoms with Gasteiger partial charge in [-0.2, -0.15) is 4.99 Å². The lowest BCUT2D eigenvalue weighted by Crippen LogP contribution is -2.13. The second kappa shape index (κ2) is 13.8. The van der Waals surface area contributed by atoms with E-state index in [4.69, 9.17) is 14.4 Å². The molecule has 3 aromatic heterocycles. The van der Waals surface area contributed by atoms with Crippen molar-refractivity contribution < 1.29 is 4.42 Å². The zero-order valence-electron chi connectivity index (χ0n) is 31.6. The molecule has 0 aliphatic carbocycles. The van der Waals surface area contributed by atoms with Crippen LogP contribution in [0.3, 0.4) is 0 Å². The van der Waals surface area contributed by atoms with Crippen molar-refractivity contribution in [3.8, 4) is 16.8 Å². The van der Waals surface area contributed by atoms with Crippen LogP contribution in [-0.2, 0) is 0 Å². The molecule has 1 N–H and O–H groups in total. The number of aromatic nitrogens is 2. The van der Waals surface area contributed by atoms with Gasteiger partial charge in [0.2, 0.25) is 5.96 Å².